The van der Waals surface area contributed by atoms with Gasteiger partial charge in [-0.3, -0.25) is 19.1 Å². The van der Waals surface area contributed by atoms with Crippen LogP contribution >= 0.6 is 0 Å². The first-order valence-electron chi connectivity index (χ1n) is 22.4. The maximum atomic E-state index is 15.2. The number of oxime groups is 1. The van der Waals surface area contributed by atoms with Crippen molar-refractivity contribution < 1.29 is 37.2 Å². The van der Waals surface area contributed by atoms with Crippen LogP contribution in [0.1, 0.15) is 134 Å². The zero-order valence-electron chi connectivity index (χ0n) is 34.6. The molecule has 6 aliphatic rings. The van der Waals surface area contributed by atoms with E-state index in [0.29, 0.717) is 44.2 Å². The number of benzene rings is 2. The zero-order valence-corrected chi connectivity index (χ0v) is 35.4. The molecule has 4 unspecified atom stereocenters. The van der Waals surface area contributed by atoms with Crippen LogP contribution in [0, 0.1) is 5.92 Å². The molecule has 8 rings (SSSR count). The highest BCUT2D eigenvalue weighted by Gasteiger charge is 2.62. The van der Waals surface area contributed by atoms with Crippen LogP contribution in [0.15, 0.2) is 65.8 Å². The highest BCUT2D eigenvalue weighted by molar-refractivity contribution is 7.91. The summed E-state index contributed by atoms with van der Waals surface area (Å²) < 4.78 is 34.1. The van der Waals surface area contributed by atoms with Crippen molar-refractivity contribution in [2.24, 2.45) is 11.1 Å². The monoisotopic (exact) mass is 841 g/mol. The summed E-state index contributed by atoms with van der Waals surface area (Å²) in [5, 5.41) is 10.1. The molecule has 2 aromatic rings. The topological polar surface area (TPSA) is 173 Å². The summed E-state index contributed by atoms with van der Waals surface area (Å²) in [6.07, 6.45) is 14.6. The quantitative estimate of drug-likeness (QED) is 0.102. The fourth-order valence-electron chi connectivity index (χ4n) is 9.67. The Balaban J connectivity index is 1.15. The first-order chi connectivity index (χ1) is 29.1. The van der Waals surface area contributed by atoms with Crippen molar-refractivity contribution in [1.82, 2.24) is 20.3 Å². The number of allylic oxidation sites excluding steroid dienone is 1. The average Bonchev–Trinajstić information content (AvgIpc) is 4.08. The molecule has 0 bridgehead atoms. The fraction of sp³-hybridized carbons (Fsp3) is 0.587. The summed E-state index contributed by atoms with van der Waals surface area (Å²) >= 11 is 0. The lowest BCUT2D eigenvalue weighted by atomic mass is 10.0. The Kier molecular flexibility index (Phi) is 12.7. The SMILES string of the molecule is CCCCCC[C@H]1[C@H](ON=C2c3ccccc3-c3ccccc32)CC2C(=O)NC3(C(=O)NS(=O)(=O)C4CC4)CC3/C=C\CCCCCC(NC(=O)OC3CCCC3)C(=O)N21. The molecule has 2 aliphatic heterocycles. The van der Waals surface area contributed by atoms with Crippen molar-refractivity contribution in [2.75, 3.05) is 0 Å². The van der Waals surface area contributed by atoms with Gasteiger partial charge in [0.25, 0.3) is 5.91 Å². The number of carbonyl (C=O) groups excluding carboxylic acids is 4. The second-order valence-electron chi connectivity index (χ2n) is 17.6. The Morgan fingerprint density at radius 2 is 1.57 bits per heavy atom. The third-order valence-corrected chi connectivity index (χ3v) is 15.1. The van der Waals surface area contributed by atoms with Gasteiger partial charge < -0.3 is 25.1 Å². The molecule has 4 amide bonds. The molecule has 3 saturated carbocycles. The summed E-state index contributed by atoms with van der Waals surface area (Å²) in [5.41, 5.74) is 3.09. The molecule has 2 heterocycles. The maximum Gasteiger partial charge on any atom is 0.408 e. The van der Waals surface area contributed by atoms with E-state index >= 15 is 4.79 Å². The summed E-state index contributed by atoms with van der Waals surface area (Å²) in [5.74, 6) is -2.17. The molecule has 3 N–H and O–H groups in total. The number of hydrogen-bond donors (Lipinski definition) is 3. The number of alkyl carbamates (subject to hydrolysis) is 1. The van der Waals surface area contributed by atoms with E-state index in [4.69, 9.17) is 14.7 Å². The Morgan fingerprint density at radius 3 is 2.25 bits per heavy atom. The molecule has 0 spiro atoms. The molecule has 2 aromatic carbocycles. The molecule has 4 aliphatic carbocycles. The number of carbonyl (C=O) groups is 4. The van der Waals surface area contributed by atoms with Crippen LogP contribution < -0.4 is 15.4 Å². The molecule has 13 nitrogen and oxygen atoms in total. The molecule has 1 saturated heterocycles. The van der Waals surface area contributed by atoms with Crippen molar-refractivity contribution >= 4 is 39.5 Å². The van der Waals surface area contributed by atoms with Gasteiger partial charge in [0, 0.05) is 23.5 Å². The minimum absolute atomic E-state index is 0.0773. The van der Waals surface area contributed by atoms with Crippen LogP contribution in [-0.4, -0.2) is 84.0 Å². The molecule has 322 valence electrons. The Bertz CT molecular complexity index is 2070. The third-order valence-electron chi connectivity index (χ3n) is 13.3. The van der Waals surface area contributed by atoms with E-state index in [1.54, 1.807) is 4.90 Å². The molecular weight excluding hydrogens is 783 g/mol. The number of rotatable bonds is 12. The first kappa shape index (κ1) is 42.0. The zero-order chi connectivity index (χ0) is 41.9. The van der Waals surface area contributed by atoms with Gasteiger partial charge in [0.2, 0.25) is 21.8 Å². The summed E-state index contributed by atoms with van der Waals surface area (Å²) in [6, 6.07) is 13.3. The van der Waals surface area contributed by atoms with Gasteiger partial charge >= 0.3 is 6.09 Å². The molecule has 4 fully saturated rings. The lowest BCUT2D eigenvalue weighted by Crippen LogP contribution is -2.59. The van der Waals surface area contributed by atoms with Crippen molar-refractivity contribution in [2.45, 2.75) is 164 Å². The number of hydrogen-bond acceptors (Lipinski definition) is 9. The van der Waals surface area contributed by atoms with Gasteiger partial charge in [0.15, 0.2) is 0 Å². The minimum Gasteiger partial charge on any atom is -0.446 e. The second-order valence-corrected chi connectivity index (χ2v) is 19.6. The van der Waals surface area contributed by atoms with Gasteiger partial charge in [-0.15, -0.1) is 0 Å². The van der Waals surface area contributed by atoms with Gasteiger partial charge in [-0.25, -0.2) is 13.2 Å². The first-order valence-corrected chi connectivity index (χ1v) is 23.9. The number of ether oxygens (including phenoxy) is 1. The standard InChI is InChI=1S/C46H59N5O8S/c1-2-3-4-10-25-38-40(59-49-41-35-22-15-13-20-33(35)34-21-14-16-23-36(34)41)28-39-42(52)48-46(44(54)50-60(56,57)32-26-27-32)29-30(46)17-8-6-5-7-9-24-37(43(53)51(38)39)47-45(55)58-31-18-11-12-19-31/h8,13-17,20-23,30-32,37-40H,2-7,9-12,18-19,24-29H2,1H3,(H,47,55)(H,48,52)(H,50,54)/b17-8-/t30?,37?,38-,39?,40+,46?/m0/s1. The van der Waals surface area contributed by atoms with Gasteiger partial charge in [-0.2, -0.15) is 0 Å². The number of nitrogens with one attached hydrogen (secondary N) is 3. The van der Waals surface area contributed by atoms with Crippen molar-refractivity contribution in [3.63, 3.8) is 0 Å². The number of nitrogens with zero attached hydrogens (tertiary/aromatic N) is 2. The summed E-state index contributed by atoms with van der Waals surface area (Å²) in [7, 11) is -3.90. The molecule has 60 heavy (non-hydrogen) atoms. The van der Waals surface area contributed by atoms with Crippen LogP contribution in [0.25, 0.3) is 11.1 Å². The Morgan fingerprint density at radius 1 is 0.883 bits per heavy atom. The van der Waals surface area contributed by atoms with Crippen LogP contribution in [0.5, 0.6) is 0 Å². The Labute approximate surface area is 353 Å². The molecule has 0 aromatic heterocycles. The summed E-state index contributed by atoms with van der Waals surface area (Å²) in [4.78, 5) is 65.7. The van der Waals surface area contributed by atoms with Crippen molar-refractivity contribution in [1.29, 1.82) is 0 Å². The van der Waals surface area contributed by atoms with E-state index in [1.165, 1.54) is 0 Å². The average molecular weight is 842 g/mol. The van der Waals surface area contributed by atoms with Gasteiger partial charge in [-0.1, -0.05) is 111 Å². The second kappa shape index (κ2) is 18.1. The smallest absolute Gasteiger partial charge is 0.408 e. The number of unbranched alkanes of at least 4 members (excludes halogenated alkanes) is 3. The highest BCUT2D eigenvalue weighted by Crippen LogP contribution is 2.46. The molecule has 6 atom stereocenters. The van der Waals surface area contributed by atoms with E-state index in [2.05, 4.69) is 34.4 Å². The number of fused-ring (bicyclic) bond motifs is 5. The summed E-state index contributed by atoms with van der Waals surface area (Å²) in [6.45, 7) is 2.13. The van der Waals surface area contributed by atoms with E-state index < -0.39 is 74.8 Å². The third kappa shape index (κ3) is 8.99. The number of sulfonamides is 1. The molecule has 0 radical (unpaired) electrons. The van der Waals surface area contributed by atoms with Crippen LogP contribution in [0.3, 0.4) is 0 Å². The predicted molar refractivity (Wildman–Crippen MR) is 227 cm³/mol. The van der Waals surface area contributed by atoms with E-state index in [1.807, 2.05) is 48.6 Å². The molecular formula is C46H59N5O8S. The van der Waals surface area contributed by atoms with Gasteiger partial charge in [0.1, 0.15) is 35.5 Å². The van der Waals surface area contributed by atoms with E-state index in [0.717, 1.165) is 86.5 Å². The lowest BCUT2D eigenvalue weighted by molar-refractivity contribution is -0.143. The Hall–Kier alpha value is -4.72. The van der Waals surface area contributed by atoms with Gasteiger partial charge in [-0.05, 0) is 81.8 Å². The maximum absolute atomic E-state index is 15.2. The highest BCUT2D eigenvalue weighted by atomic mass is 32.2. The number of amides is 4. The lowest BCUT2D eigenvalue weighted by Gasteiger charge is -2.34. The predicted octanol–water partition coefficient (Wildman–Crippen LogP) is 6.79. The minimum atomic E-state index is -3.90. The molecule has 14 heteroatoms. The van der Waals surface area contributed by atoms with Crippen LogP contribution in [0.2, 0.25) is 0 Å². The van der Waals surface area contributed by atoms with Crippen LogP contribution in [-0.2, 0) is 34.0 Å². The van der Waals surface area contributed by atoms with Crippen molar-refractivity contribution in [3.05, 3.63) is 71.8 Å². The van der Waals surface area contributed by atoms with Gasteiger partial charge in [0.05, 0.1) is 11.3 Å². The van der Waals surface area contributed by atoms with Crippen LogP contribution in [0.4, 0.5) is 4.79 Å². The van der Waals surface area contributed by atoms with E-state index in [9.17, 15) is 22.8 Å². The fourth-order valence-corrected chi connectivity index (χ4v) is 11.0. The normalized spacial score (nSPS) is 28.5. The van der Waals surface area contributed by atoms with Crippen molar-refractivity contribution in [3.8, 4) is 11.1 Å². The largest absolute Gasteiger partial charge is 0.446 e. The van der Waals surface area contributed by atoms with E-state index in [-0.39, 0.29) is 18.9 Å².